The number of para-hydroxylation sites is 1. The van der Waals surface area contributed by atoms with Gasteiger partial charge in [-0.3, -0.25) is 9.69 Å². The van der Waals surface area contributed by atoms with Gasteiger partial charge in [0.1, 0.15) is 11.9 Å². The Labute approximate surface area is 131 Å². The van der Waals surface area contributed by atoms with E-state index in [2.05, 4.69) is 0 Å². The van der Waals surface area contributed by atoms with E-state index in [1.165, 1.54) is 11.0 Å². The third-order valence-electron chi connectivity index (χ3n) is 3.44. The molecule has 3 rings (SSSR count). The molecule has 1 unspecified atom stereocenters. The molecule has 0 saturated carbocycles. The van der Waals surface area contributed by atoms with Gasteiger partial charge in [0.25, 0.3) is 5.91 Å². The van der Waals surface area contributed by atoms with Crippen molar-refractivity contribution in [2.45, 2.75) is 6.04 Å². The molecule has 3 nitrogen and oxygen atoms in total. The lowest BCUT2D eigenvalue weighted by atomic mass is 10.0. The van der Waals surface area contributed by atoms with Crippen molar-refractivity contribution in [2.24, 2.45) is 0 Å². The van der Waals surface area contributed by atoms with Crippen LogP contribution < -0.4 is 4.90 Å². The SMILES string of the molecule is N#CC1C=Cc2cccc(F)c2N1C(=O)c1ccc(Cl)cc1. The highest BCUT2D eigenvalue weighted by Gasteiger charge is 2.31. The molecule has 1 aliphatic rings. The minimum absolute atomic E-state index is 0.122. The molecule has 1 amide bonds. The molecule has 2 aromatic carbocycles. The number of fused-ring (bicyclic) bond motifs is 1. The topological polar surface area (TPSA) is 44.1 Å². The Morgan fingerprint density at radius 3 is 2.64 bits per heavy atom. The van der Waals surface area contributed by atoms with Crippen LogP contribution in [-0.2, 0) is 0 Å². The molecule has 0 N–H and O–H groups in total. The van der Waals surface area contributed by atoms with E-state index in [1.54, 1.807) is 48.6 Å². The maximum absolute atomic E-state index is 14.2. The molecule has 1 aliphatic heterocycles. The molecule has 1 atom stereocenters. The van der Waals surface area contributed by atoms with Crippen molar-refractivity contribution >= 4 is 29.3 Å². The van der Waals surface area contributed by atoms with E-state index in [-0.39, 0.29) is 5.69 Å². The maximum Gasteiger partial charge on any atom is 0.259 e. The lowest BCUT2D eigenvalue weighted by Gasteiger charge is -2.30. The highest BCUT2D eigenvalue weighted by molar-refractivity contribution is 6.30. The third kappa shape index (κ3) is 2.36. The van der Waals surface area contributed by atoms with Crippen molar-refractivity contribution in [2.75, 3.05) is 4.90 Å². The molecule has 0 fully saturated rings. The number of hydrogen-bond donors (Lipinski definition) is 0. The smallest absolute Gasteiger partial charge is 0.259 e. The van der Waals surface area contributed by atoms with Crippen molar-refractivity contribution in [3.63, 3.8) is 0 Å². The second-order valence-corrected chi connectivity index (χ2v) is 5.23. The van der Waals surface area contributed by atoms with E-state index in [4.69, 9.17) is 11.6 Å². The van der Waals surface area contributed by atoms with Gasteiger partial charge in [-0.15, -0.1) is 0 Å². The van der Waals surface area contributed by atoms with Gasteiger partial charge in [-0.25, -0.2) is 4.39 Å². The van der Waals surface area contributed by atoms with E-state index in [0.29, 0.717) is 16.1 Å². The van der Waals surface area contributed by atoms with E-state index in [9.17, 15) is 14.4 Å². The monoisotopic (exact) mass is 312 g/mol. The minimum atomic E-state index is -0.854. The number of carbonyl (C=O) groups excluding carboxylic acids is 1. The summed E-state index contributed by atoms with van der Waals surface area (Å²) in [6, 6.07) is 12.0. The van der Waals surface area contributed by atoms with Gasteiger partial charge in [0.05, 0.1) is 11.8 Å². The zero-order valence-corrected chi connectivity index (χ0v) is 12.1. The summed E-state index contributed by atoms with van der Waals surface area (Å²) in [5, 5.41) is 9.78. The number of nitrogens with zero attached hydrogens (tertiary/aromatic N) is 2. The Kier molecular flexibility index (Phi) is 3.66. The summed E-state index contributed by atoms with van der Waals surface area (Å²) in [5.41, 5.74) is 1.03. The van der Waals surface area contributed by atoms with Crippen LogP contribution in [0.5, 0.6) is 0 Å². The van der Waals surface area contributed by atoms with Gasteiger partial charge in [-0.2, -0.15) is 5.26 Å². The summed E-state index contributed by atoms with van der Waals surface area (Å²) >= 11 is 5.82. The molecule has 0 saturated heterocycles. The lowest BCUT2D eigenvalue weighted by molar-refractivity contribution is 0.0984. The van der Waals surface area contributed by atoms with Crippen LogP contribution in [0.2, 0.25) is 5.02 Å². The number of anilines is 1. The Hall–Kier alpha value is -2.64. The molecule has 0 spiro atoms. The summed E-state index contributed by atoms with van der Waals surface area (Å²) in [5.74, 6) is -0.983. The van der Waals surface area contributed by atoms with Crippen molar-refractivity contribution in [3.8, 4) is 6.07 Å². The van der Waals surface area contributed by atoms with Crippen LogP contribution in [0.25, 0.3) is 6.08 Å². The van der Waals surface area contributed by atoms with Crippen LogP contribution in [0.3, 0.4) is 0 Å². The standard InChI is InChI=1S/C17H10ClFN2O/c18-13-7-4-12(5-8-13)17(22)21-14(10-20)9-6-11-2-1-3-15(19)16(11)21/h1-9,14H. The van der Waals surface area contributed by atoms with Gasteiger partial charge in [-0.05, 0) is 36.4 Å². The van der Waals surface area contributed by atoms with E-state index in [0.717, 1.165) is 0 Å². The van der Waals surface area contributed by atoms with Gasteiger partial charge >= 0.3 is 0 Å². The van der Waals surface area contributed by atoms with Crippen molar-refractivity contribution in [3.05, 3.63) is 70.5 Å². The molecular formula is C17H10ClFN2O. The Morgan fingerprint density at radius 1 is 1.23 bits per heavy atom. The van der Waals surface area contributed by atoms with Gasteiger partial charge in [0.2, 0.25) is 0 Å². The quantitative estimate of drug-likeness (QED) is 0.797. The first-order chi connectivity index (χ1) is 10.6. The summed E-state index contributed by atoms with van der Waals surface area (Å²) < 4.78 is 14.2. The zero-order chi connectivity index (χ0) is 15.7. The Bertz CT molecular complexity index is 808. The van der Waals surface area contributed by atoms with Crippen LogP contribution in [0.15, 0.2) is 48.5 Å². The predicted octanol–water partition coefficient (Wildman–Crippen LogP) is 4.04. The van der Waals surface area contributed by atoms with Crippen LogP contribution in [-0.4, -0.2) is 11.9 Å². The molecule has 108 valence electrons. The largest absolute Gasteiger partial charge is 0.285 e. The fraction of sp³-hybridized carbons (Fsp3) is 0.0588. The molecule has 0 aliphatic carbocycles. The van der Waals surface area contributed by atoms with Crippen molar-refractivity contribution in [1.29, 1.82) is 5.26 Å². The molecule has 2 aromatic rings. The van der Waals surface area contributed by atoms with Crippen LogP contribution in [0.1, 0.15) is 15.9 Å². The van der Waals surface area contributed by atoms with Gasteiger partial charge in [0, 0.05) is 16.1 Å². The third-order valence-corrected chi connectivity index (χ3v) is 3.69. The highest BCUT2D eigenvalue weighted by Crippen LogP contribution is 2.33. The van der Waals surface area contributed by atoms with E-state index in [1.807, 2.05) is 6.07 Å². The van der Waals surface area contributed by atoms with Gasteiger partial charge < -0.3 is 0 Å². The van der Waals surface area contributed by atoms with Crippen LogP contribution in [0.4, 0.5) is 10.1 Å². The first-order valence-electron chi connectivity index (χ1n) is 6.57. The summed E-state index contributed by atoms with van der Waals surface area (Å²) in [6.45, 7) is 0. The average Bonchev–Trinajstić information content (AvgIpc) is 2.54. The van der Waals surface area contributed by atoms with E-state index < -0.39 is 17.8 Å². The van der Waals surface area contributed by atoms with Gasteiger partial charge in [-0.1, -0.05) is 29.8 Å². The fourth-order valence-corrected chi connectivity index (χ4v) is 2.53. The number of halogens is 2. The van der Waals surface area contributed by atoms with Crippen LogP contribution >= 0.6 is 11.6 Å². The molecular weight excluding hydrogens is 303 g/mol. The predicted molar refractivity (Wildman–Crippen MR) is 83.1 cm³/mol. The number of rotatable bonds is 1. The zero-order valence-electron chi connectivity index (χ0n) is 11.3. The van der Waals surface area contributed by atoms with Crippen LogP contribution in [0, 0.1) is 17.1 Å². The second-order valence-electron chi connectivity index (χ2n) is 4.79. The number of benzene rings is 2. The minimum Gasteiger partial charge on any atom is -0.285 e. The van der Waals surface area contributed by atoms with Crippen molar-refractivity contribution < 1.29 is 9.18 Å². The molecule has 1 heterocycles. The van der Waals surface area contributed by atoms with Crippen molar-refractivity contribution in [1.82, 2.24) is 0 Å². The maximum atomic E-state index is 14.2. The van der Waals surface area contributed by atoms with Gasteiger partial charge in [0.15, 0.2) is 0 Å². The molecule has 5 heteroatoms. The first-order valence-corrected chi connectivity index (χ1v) is 6.95. The number of hydrogen-bond acceptors (Lipinski definition) is 2. The second kappa shape index (κ2) is 5.63. The summed E-state index contributed by atoms with van der Waals surface area (Å²) in [4.78, 5) is 13.9. The summed E-state index contributed by atoms with van der Waals surface area (Å²) in [6.07, 6.45) is 3.23. The van der Waals surface area contributed by atoms with E-state index >= 15 is 0 Å². The molecule has 0 bridgehead atoms. The number of nitriles is 1. The molecule has 0 aromatic heterocycles. The number of amides is 1. The average molecular weight is 313 g/mol. The first kappa shape index (κ1) is 14.3. The lowest BCUT2D eigenvalue weighted by Crippen LogP contribution is -2.41. The molecule has 22 heavy (non-hydrogen) atoms. The fourth-order valence-electron chi connectivity index (χ4n) is 2.40. The number of carbonyl (C=O) groups is 1. The Balaban J connectivity index is 2.12. The normalized spacial score (nSPS) is 16.0. The highest BCUT2D eigenvalue weighted by atomic mass is 35.5. The molecule has 0 radical (unpaired) electrons. The summed E-state index contributed by atoms with van der Waals surface area (Å²) in [7, 11) is 0. The Morgan fingerprint density at radius 2 is 1.95 bits per heavy atom.